The van der Waals surface area contributed by atoms with E-state index in [4.69, 9.17) is 4.42 Å². The lowest BCUT2D eigenvalue weighted by molar-refractivity contribution is 0.565. The highest BCUT2D eigenvalue weighted by Gasteiger charge is 2.14. The quantitative estimate of drug-likeness (QED) is 0.658. The molecule has 0 radical (unpaired) electrons. The summed E-state index contributed by atoms with van der Waals surface area (Å²) in [6, 6.07) is 0. The molecule has 0 atom stereocenters. The Bertz CT molecular complexity index is 389. The monoisotopic (exact) mass is 175 g/mol. The van der Waals surface area contributed by atoms with Crippen molar-refractivity contribution in [3.63, 3.8) is 0 Å². The summed E-state index contributed by atoms with van der Waals surface area (Å²) in [5, 5.41) is 3.30. The summed E-state index contributed by atoms with van der Waals surface area (Å²) in [4.78, 5) is 4.12. The first kappa shape index (κ1) is 6.77. The molecule has 1 aliphatic rings. The number of imidazole rings is 1. The molecule has 0 saturated carbocycles. The van der Waals surface area contributed by atoms with Gasteiger partial charge in [0.05, 0.1) is 12.0 Å². The van der Waals surface area contributed by atoms with Gasteiger partial charge in [-0.3, -0.25) is 4.57 Å². The minimum Gasteiger partial charge on any atom is -0.468 e. The van der Waals surface area contributed by atoms with Crippen molar-refractivity contribution in [2.75, 3.05) is 11.9 Å². The van der Waals surface area contributed by atoms with Gasteiger partial charge in [0.2, 0.25) is 0 Å². The zero-order valence-corrected chi connectivity index (χ0v) is 7.03. The van der Waals surface area contributed by atoms with Gasteiger partial charge in [-0.2, -0.15) is 0 Å². The van der Waals surface area contributed by atoms with E-state index in [1.165, 1.54) is 5.69 Å². The fourth-order valence-electron chi connectivity index (χ4n) is 1.66. The van der Waals surface area contributed by atoms with E-state index in [0.29, 0.717) is 0 Å². The Labute approximate surface area is 75.2 Å². The van der Waals surface area contributed by atoms with Gasteiger partial charge in [0.15, 0.2) is 0 Å². The number of rotatable bonds is 0. The number of nitrogens with one attached hydrogen (secondary N) is 1. The molecule has 4 nitrogen and oxygen atoms in total. The molecule has 2 aromatic rings. The molecule has 0 bridgehead atoms. The number of furan rings is 1. The average molecular weight is 175 g/mol. The minimum atomic E-state index is 0.929. The molecule has 0 aromatic carbocycles. The number of fused-ring (bicyclic) bond motifs is 3. The van der Waals surface area contributed by atoms with Crippen LogP contribution in [0.5, 0.6) is 0 Å². The summed E-state index contributed by atoms with van der Waals surface area (Å²) in [7, 11) is 0. The molecule has 3 rings (SSSR count). The lowest BCUT2D eigenvalue weighted by Gasteiger charge is -2.00. The van der Waals surface area contributed by atoms with Crippen LogP contribution in [0.1, 0.15) is 5.69 Å². The van der Waals surface area contributed by atoms with E-state index >= 15 is 0 Å². The van der Waals surface area contributed by atoms with Crippen molar-refractivity contribution in [3.8, 4) is 5.69 Å². The molecule has 0 unspecified atom stereocenters. The van der Waals surface area contributed by atoms with E-state index in [1.54, 1.807) is 12.5 Å². The zero-order chi connectivity index (χ0) is 8.67. The second-order valence-electron chi connectivity index (χ2n) is 3.10. The molecule has 3 heterocycles. The topological polar surface area (TPSA) is 43.0 Å². The van der Waals surface area contributed by atoms with Gasteiger partial charge >= 0.3 is 0 Å². The second-order valence-corrected chi connectivity index (χ2v) is 3.10. The van der Waals surface area contributed by atoms with Gasteiger partial charge in [0, 0.05) is 24.9 Å². The van der Waals surface area contributed by atoms with Crippen molar-refractivity contribution >= 4 is 5.69 Å². The van der Waals surface area contributed by atoms with Crippen LogP contribution in [0.4, 0.5) is 5.69 Å². The largest absolute Gasteiger partial charge is 0.468 e. The van der Waals surface area contributed by atoms with E-state index in [1.807, 2.05) is 12.5 Å². The Hall–Kier alpha value is -1.71. The van der Waals surface area contributed by atoms with Crippen molar-refractivity contribution in [2.45, 2.75) is 6.42 Å². The van der Waals surface area contributed by atoms with Gasteiger partial charge in [0.25, 0.3) is 0 Å². The first-order chi connectivity index (χ1) is 6.45. The van der Waals surface area contributed by atoms with Crippen molar-refractivity contribution < 1.29 is 4.42 Å². The van der Waals surface area contributed by atoms with Gasteiger partial charge in [-0.25, -0.2) is 4.98 Å². The number of hydrogen-bond donors (Lipinski definition) is 1. The Morgan fingerprint density at radius 1 is 1.46 bits per heavy atom. The predicted octanol–water partition coefficient (Wildman–Crippen LogP) is 1.43. The zero-order valence-electron chi connectivity index (χ0n) is 7.03. The molecular formula is C9H9N3O. The van der Waals surface area contributed by atoms with E-state index in [9.17, 15) is 0 Å². The minimum absolute atomic E-state index is 0.929. The normalized spacial score (nSPS) is 14.2. The summed E-state index contributed by atoms with van der Waals surface area (Å²) >= 11 is 0. The molecule has 4 heteroatoms. The molecular weight excluding hydrogens is 166 g/mol. The Morgan fingerprint density at radius 2 is 2.46 bits per heavy atom. The Morgan fingerprint density at radius 3 is 3.46 bits per heavy atom. The van der Waals surface area contributed by atoms with Gasteiger partial charge < -0.3 is 9.73 Å². The SMILES string of the molecule is c1occ2c1NCCc1cncn1-2. The van der Waals surface area contributed by atoms with Crippen LogP contribution >= 0.6 is 0 Å². The third-order valence-electron chi connectivity index (χ3n) is 2.31. The fraction of sp³-hybridized carbons (Fsp3) is 0.222. The summed E-state index contributed by atoms with van der Waals surface area (Å²) in [5.74, 6) is 0. The molecule has 2 aromatic heterocycles. The summed E-state index contributed by atoms with van der Waals surface area (Å²) < 4.78 is 7.19. The van der Waals surface area contributed by atoms with E-state index in [-0.39, 0.29) is 0 Å². The van der Waals surface area contributed by atoms with Crippen LogP contribution in [0.25, 0.3) is 5.69 Å². The standard InChI is InChI=1S/C9H9N3O/c1-2-11-8-4-13-5-9(8)12-6-10-3-7(1)12/h3-6,11H,1-2H2. The van der Waals surface area contributed by atoms with Crippen LogP contribution in [0.3, 0.4) is 0 Å². The highest BCUT2D eigenvalue weighted by molar-refractivity contribution is 5.60. The molecule has 0 fully saturated rings. The Kier molecular flexibility index (Phi) is 1.24. The third-order valence-corrected chi connectivity index (χ3v) is 2.31. The van der Waals surface area contributed by atoms with Crippen molar-refractivity contribution in [3.05, 3.63) is 30.7 Å². The maximum absolute atomic E-state index is 5.14. The highest BCUT2D eigenvalue weighted by atomic mass is 16.3. The van der Waals surface area contributed by atoms with Crippen molar-refractivity contribution in [1.82, 2.24) is 9.55 Å². The first-order valence-electron chi connectivity index (χ1n) is 4.27. The van der Waals surface area contributed by atoms with Crippen LogP contribution in [-0.4, -0.2) is 16.1 Å². The smallest absolute Gasteiger partial charge is 0.117 e. The maximum atomic E-state index is 5.14. The van der Waals surface area contributed by atoms with Gasteiger partial charge in [-0.15, -0.1) is 0 Å². The highest BCUT2D eigenvalue weighted by Crippen LogP contribution is 2.25. The molecule has 0 saturated heterocycles. The first-order valence-corrected chi connectivity index (χ1v) is 4.27. The molecule has 0 amide bonds. The van der Waals surface area contributed by atoms with Crippen molar-refractivity contribution in [2.24, 2.45) is 0 Å². The molecule has 1 aliphatic heterocycles. The van der Waals surface area contributed by atoms with Gasteiger partial charge in [-0.05, 0) is 0 Å². The number of anilines is 1. The third kappa shape index (κ3) is 0.884. The lowest BCUT2D eigenvalue weighted by Crippen LogP contribution is -2.01. The molecule has 1 N–H and O–H groups in total. The molecule has 66 valence electrons. The van der Waals surface area contributed by atoms with Crippen molar-refractivity contribution in [1.29, 1.82) is 0 Å². The molecule has 13 heavy (non-hydrogen) atoms. The van der Waals surface area contributed by atoms with Crippen LogP contribution in [0.15, 0.2) is 29.5 Å². The van der Waals surface area contributed by atoms with Crippen LogP contribution in [0.2, 0.25) is 0 Å². The number of nitrogens with zero attached hydrogens (tertiary/aromatic N) is 2. The predicted molar refractivity (Wildman–Crippen MR) is 48.0 cm³/mol. The Balaban J connectivity index is 2.27. The van der Waals surface area contributed by atoms with Crippen LogP contribution in [0, 0.1) is 0 Å². The summed E-state index contributed by atoms with van der Waals surface area (Å²) in [6.45, 7) is 0.929. The van der Waals surface area contributed by atoms with Gasteiger partial charge in [-0.1, -0.05) is 0 Å². The average Bonchev–Trinajstić information content (AvgIpc) is 2.72. The number of aromatic nitrogens is 2. The van der Waals surface area contributed by atoms with Crippen LogP contribution < -0.4 is 5.32 Å². The summed E-state index contributed by atoms with van der Waals surface area (Å²) in [6.07, 6.45) is 8.17. The lowest BCUT2D eigenvalue weighted by atomic mass is 10.3. The summed E-state index contributed by atoms with van der Waals surface area (Å²) in [5.41, 5.74) is 3.30. The van der Waals surface area contributed by atoms with E-state index in [2.05, 4.69) is 14.9 Å². The molecule has 0 aliphatic carbocycles. The maximum Gasteiger partial charge on any atom is 0.117 e. The fourth-order valence-corrected chi connectivity index (χ4v) is 1.66. The van der Waals surface area contributed by atoms with E-state index < -0.39 is 0 Å². The second kappa shape index (κ2) is 2.39. The van der Waals surface area contributed by atoms with E-state index in [0.717, 1.165) is 24.3 Å². The van der Waals surface area contributed by atoms with Crippen LogP contribution in [-0.2, 0) is 6.42 Å². The molecule has 0 spiro atoms. The number of hydrogen-bond acceptors (Lipinski definition) is 3. The van der Waals surface area contributed by atoms with Gasteiger partial charge in [0.1, 0.15) is 18.2 Å².